The highest BCUT2D eigenvalue weighted by molar-refractivity contribution is 5.02. The second-order valence-electron chi connectivity index (χ2n) is 12.0. The lowest BCUT2D eigenvalue weighted by molar-refractivity contribution is -0.187. The maximum Gasteiger partial charge on any atom is 0.154 e. The van der Waals surface area contributed by atoms with E-state index in [9.17, 15) is 0 Å². The molecule has 2 heteroatoms. The van der Waals surface area contributed by atoms with Gasteiger partial charge in [-0.25, -0.2) is 0 Å². The third kappa shape index (κ3) is 17.7. The first-order chi connectivity index (χ1) is 15.2. The molecule has 2 nitrogen and oxygen atoms in total. The lowest BCUT2D eigenvalue weighted by Crippen LogP contribution is -2.27. The molecule has 3 aliphatic carbocycles. The number of hydrogen-bond acceptors (Lipinski definition) is 2. The summed E-state index contributed by atoms with van der Waals surface area (Å²) in [6.45, 7) is 19.8. The molecule has 1 unspecified atom stereocenters. The van der Waals surface area contributed by atoms with Gasteiger partial charge in [0.25, 0.3) is 0 Å². The zero-order valence-corrected chi connectivity index (χ0v) is 23.1. The van der Waals surface area contributed by atoms with Crippen molar-refractivity contribution in [1.82, 2.24) is 0 Å². The van der Waals surface area contributed by atoms with Gasteiger partial charge in [0.05, 0.1) is 13.2 Å². The van der Waals surface area contributed by atoms with E-state index in [-0.39, 0.29) is 16.6 Å². The smallest absolute Gasteiger partial charge is 0.154 e. The third-order valence-corrected chi connectivity index (χ3v) is 7.74. The molecule has 3 fully saturated rings. The van der Waals surface area contributed by atoms with Gasteiger partial charge in [-0.2, -0.15) is 0 Å². The van der Waals surface area contributed by atoms with E-state index in [4.69, 9.17) is 9.47 Å². The molecule has 0 spiro atoms. The van der Waals surface area contributed by atoms with Crippen molar-refractivity contribution in [2.24, 2.45) is 35.5 Å². The predicted octanol–water partition coefficient (Wildman–Crippen LogP) is 10.6. The SMILES string of the molecule is C.CC1=CCC(C)CC1.CC1CCC(C)CC1.CC1CCC(C)CC1.CC1COC(C)OC1.[HH].[HH]. The van der Waals surface area contributed by atoms with Gasteiger partial charge < -0.3 is 9.47 Å². The maximum absolute atomic E-state index is 5.17. The van der Waals surface area contributed by atoms with Crippen LogP contribution < -0.4 is 0 Å². The van der Waals surface area contributed by atoms with Gasteiger partial charge in [0.15, 0.2) is 6.29 Å². The highest BCUT2D eigenvalue weighted by atomic mass is 16.7. The first-order valence-corrected chi connectivity index (χ1v) is 14.0. The van der Waals surface area contributed by atoms with E-state index < -0.39 is 0 Å². The van der Waals surface area contributed by atoms with Crippen LogP contribution >= 0.6 is 0 Å². The molecule has 1 aliphatic heterocycles. The molecule has 0 amide bonds. The van der Waals surface area contributed by atoms with E-state index in [0.29, 0.717) is 5.92 Å². The number of ether oxygens (including phenoxy) is 2. The van der Waals surface area contributed by atoms with Crippen LogP contribution in [0.2, 0.25) is 0 Å². The van der Waals surface area contributed by atoms with Gasteiger partial charge in [-0.15, -0.1) is 0 Å². The van der Waals surface area contributed by atoms with Crippen LogP contribution in [0.4, 0.5) is 0 Å². The fourth-order valence-corrected chi connectivity index (χ4v) is 4.65. The van der Waals surface area contributed by atoms with Crippen molar-refractivity contribution in [3.8, 4) is 0 Å². The zero-order chi connectivity index (χ0) is 23.9. The fourth-order valence-electron chi connectivity index (χ4n) is 4.65. The van der Waals surface area contributed by atoms with Crippen LogP contribution in [-0.4, -0.2) is 19.5 Å². The van der Waals surface area contributed by atoms with Crippen LogP contribution in [-0.2, 0) is 9.47 Å². The number of rotatable bonds is 0. The Hall–Kier alpha value is -0.340. The largest absolute Gasteiger partial charge is 0.353 e. The molecular formula is C31H66O2. The molecule has 2 saturated carbocycles. The minimum Gasteiger partial charge on any atom is -0.353 e. The minimum atomic E-state index is 0. The van der Waals surface area contributed by atoms with Crippen LogP contribution in [0, 0.1) is 35.5 Å². The van der Waals surface area contributed by atoms with Crippen molar-refractivity contribution in [3.63, 3.8) is 0 Å². The van der Waals surface area contributed by atoms with E-state index >= 15 is 0 Å². The minimum absolute atomic E-state index is 0. The summed E-state index contributed by atoms with van der Waals surface area (Å²) in [5.74, 6) is 5.60. The average molecular weight is 471 g/mol. The first-order valence-electron chi connectivity index (χ1n) is 14.0. The van der Waals surface area contributed by atoms with Crippen molar-refractivity contribution in [1.29, 1.82) is 0 Å². The molecule has 0 bridgehead atoms. The van der Waals surface area contributed by atoms with E-state index in [1.165, 1.54) is 70.6 Å². The van der Waals surface area contributed by atoms with Crippen LogP contribution in [0.15, 0.2) is 11.6 Å². The number of allylic oxidation sites excluding steroid dienone is 2. The second kappa shape index (κ2) is 18.9. The van der Waals surface area contributed by atoms with Gasteiger partial charge in [0.1, 0.15) is 0 Å². The predicted molar refractivity (Wildman–Crippen MR) is 152 cm³/mol. The standard InChI is InChI=1S/2C8H16.C8H14.C6H12O2.CH4.2H2/c3*1-7-3-5-8(2)6-4-7;1-5-3-7-6(2)8-4-5;;;/h2*7-8H,3-6H2,1-2H3;3,8H,4-6H2,1-2H3;5-6H,3-4H2,1-2H3;1H4;2*1H. The Morgan fingerprint density at radius 2 is 0.939 bits per heavy atom. The molecule has 1 saturated heterocycles. The lowest BCUT2D eigenvalue weighted by atomic mass is 9.84. The van der Waals surface area contributed by atoms with E-state index in [1.54, 1.807) is 5.57 Å². The van der Waals surface area contributed by atoms with Crippen molar-refractivity contribution >= 4 is 0 Å². The normalized spacial score (nSPS) is 36.1. The lowest BCUT2D eigenvalue weighted by Gasteiger charge is -2.24. The molecule has 0 aromatic heterocycles. The fraction of sp³-hybridized carbons (Fsp3) is 0.935. The topological polar surface area (TPSA) is 18.5 Å². The van der Waals surface area contributed by atoms with E-state index in [0.717, 1.165) is 42.8 Å². The average Bonchev–Trinajstić information content (AvgIpc) is 2.78. The van der Waals surface area contributed by atoms with Crippen molar-refractivity contribution in [3.05, 3.63) is 11.6 Å². The van der Waals surface area contributed by atoms with Crippen molar-refractivity contribution < 1.29 is 12.3 Å². The quantitative estimate of drug-likeness (QED) is 0.328. The molecule has 1 heterocycles. The highest BCUT2D eigenvalue weighted by Gasteiger charge is 2.14. The summed E-state index contributed by atoms with van der Waals surface area (Å²) in [6.07, 6.45) is 18.2. The third-order valence-electron chi connectivity index (χ3n) is 7.74. The molecular weight excluding hydrogens is 404 g/mol. The Bertz CT molecular complexity index is 395. The van der Waals surface area contributed by atoms with Crippen LogP contribution in [0.3, 0.4) is 0 Å². The Kier molecular flexibility index (Phi) is 18.7. The van der Waals surface area contributed by atoms with Crippen LogP contribution in [0.5, 0.6) is 0 Å². The van der Waals surface area contributed by atoms with Gasteiger partial charge in [0.2, 0.25) is 0 Å². The molecule has 0 N–H and O–H groups in total. The molecule has 0 aromatic carbocycles. The van der Waals surface area contributed by atoms with Crippen LogP contribution in [0.25, 0.3) is 0 Å². The summed E-state index contributed by atoms with van der Waals surface area (Å²) in [7, 11) is 0. The van der Waals surface area contributed by atoms with Gasteiger partial charge in [-0.05, 0) is 62.7 Å². The Morgan fingerprint density at radius 1 is 0.576 bits per heavy atom. The molecule has 4 aliphatic rings. The molecule has 33 heavy (non-hydrogen) atoms. The first kappa shape index (κ1) is 32.7. The summed E-state index contributed by atoms with van der Waals surface area (Å²) in [5.41, 5.74) is 1.59. The second-order valence-corrected chi connectivity index (χ2v) is 12.0. The van der Waals surface area contributed by atoms with Gasteiger partial charge >= 0.3 is 0 Å². The molecule has 4 rings (SSSR count). The Labute approximate surface area is 212 Å². The monoisotopic (exact) mass is 471 g/mol. The summed E-state index contributed by atoms with van der Waals surface area (Å²) in [6, 6.07) is 0. The van der Waals surface area contributed by atoms with Crippen molar-refractivity contribution in [2.45, 2.75) is 140 Å². The molecule has 202 valence electrons. The van der Waals surface area contributed by atoms with Gasteiger partial charge in [0, 0.05) is 8.77 Å². The Morgan fingerprint density at radius 3 is 1.18 bits per heavy atom. The Balaban J connectivity index is -0.000000379. The highest BCUT2D eigenvalue weighted by Crippen LogP contribution is 2.28. The van der Waals surface area contributed by atoms with Crippen LogP contribution in [0.1, 0.15) is 136 Å². The molecule has 0 radical (unpaired) electrons. The zero-order valence-electron chi connectivity index (χ0n) is 23.1. The number of hydrogen-bond donors (Lipinski definition) is 0. The summed E-state index contributed by atoms with van der Waals surface area (Å²) in [4.78, 5) is 0. The summed E-state index contributed by atoms with van der Waals surface area (Å²) >= 11 is 0. The summed E-state index contributed by atoms with van der Waals surface area (Å²) in [5, 5.41) is 0. The van der Waals surface area contributed by atoms with Gasteiger partial charge in [-0.1, -0.05) is 112 Å². The summed E-state index contributed by atoms with van der Waals surface area (Å²) < 4.78 is 10.3. The van der Waals surface area contributed by atoms with E-state index in [2.05, 4.69) is 54.5 Å². The molecule has 0 aromatic rings. The maximum atomic E-state index is 5.17. The van der Waals surface area contributed by atoms with Crippen molar-refractivity contribution in [2.75, 3.05) is 13.2 Å². The van der Waals surface area contributed by atoms with Gasteiger partial charge in [-0.3, -0.25) is 0 Å². The molecule has 1 atom stereocenters. The van der Waals surface area contributed by atoms with E-state index in [1.807, 2.05) is 6.92 Å².